The highest BCUT2D eigenvalue weighted by Gasteiger charge is 2.22. The summed E-state index contributed by atoms with van der Waals surface area (Å²) in [5.74, 6) is -0.393. The smallest absolute Gasteiger partial charge is 0.240 e. The highest BCUT2D eigenvalue weighted by Crippen LogP contribution is 2.22. The number of hydrogen-bond donors (Lipinski definition) is 2. The summed E-state index contributed by atoms with van der Waals surface area (Å²) in [6.45, 7) is 7.50. The molecule has 0 aliphatic carbocycles. The zero-order chi connectivity index (χ0) is 21.4. The normalized spacial score (nSPS) is 10.5. The lowest BCUT2D eigenvalue weighted by molar-refractivity contribution is -0.125. The first kappa shape index (κ1) is 22.1. The molecule has 7 heteroatoms. The van der Waals surface area contributed by atoms with Gasteiger partial charge in [-0.15, -0.1) is 0 Å². The minimum Gasteiger partial charge on any atom is -0.352 e. The molecule has 29 heavy (non-hydrogen) atoms. The van der Waals surface area contributed by atoms with Crippen molar-refractivity contribution in [1.29, 1.82) is 0 Å². The van der Waals surface area contributed by atoms with Crippen LogP contribution in [0.5, 0.6) is 0 Å². The van der Waals surface area contributed by atoms with Crippen LogP contribution in [0.4, 0.5) is 11.5 Å². The molecule has 0 bridgehead atoms. The number of carbonyl (C=O) groups is 3. The van der Waals surface area contributed by atoms with E-state index in [4.69, 9.17) is 0 Å². The Hall–Kier alpha value is -3.22. The highest BCUT2D eigenvalue weighted by atomic mass is 16.2. The van der Waals surface area contributed by atoms with Crippen LogP contribution in [0.3, 0.4) is 0 Å². The van der Waals surface area contributed by atoms with Crippen LogP contribution in [0.15, 0.2) is 42.6 Å². The van der Waals surface area contributed by atoms with Gasteiger partial charge in [-0.05, 0) is 51.5 Å². The molecule has 0 fully saturated rings. The highest BCUT2D eigenvalue weighted by molar-refractivity contribution is 6.01. The summed E-state index contributed by atoms with van der Waals surface area (Å²) in [7, 11) is 0. The van der Waals surface area contributed by atoms with E-state index in [9.17, 15) is 14.4 Å². The van der Waals surface area contributed by atoms with Crippen molar-refractivity contribution in [3.63, 3.8) is 0 Å². The number of benzene rings is 1. The topological polar surface area (TPSA) is 91.4 Å². The number of carbonyl (C=O) groups excluding carboxylic acids is 3. The molecule has 2 rings (SSSR count). The Morgan fingerprint density at radius 3 is 2.41 bits per heavy atom. The third-order valence-electron chi connectivity index (χ3n) is 4.19. The molecule has 3 amide bonds. The van der Waals surface area contributed by atoms with Gasteiger partial charge in [-0.1, -0.05) is 23.8 Å². The van der Waals surface area contributed by atoms with Crippen LogP contribution in [-0.2, 0) is 14.4 Å². The van der Waals surface area contributed by atoms with E-state index >= 15 is 0 Å². The van der Waals surface area contributed by atoms with E-state index in [0.29, 0.717) is 11.5 Å². The standard InChI is InChI=1S/C22H28N4O3/c1-15(2)24-21(28)14-26(18-9-8-16(3)13-17(18)4)22(29)11-10-20(27)25-19-7-5-6-12-23-19/h5-9,12-13,15H,10-11,14H2,1-4H3,(H,24,28)(H,23,25,27). The fourth-order valence-electron chi connectivity index (χ4n) is 2.92. The molecule has 0 radical (unpaired) electrons. The van der Waals surface area contributed by atoms with Gasteiger partial charge in [0.15, 0.2) is 0 Å². The van der Waals surface area contributed by atoms with Gasteiger partial charge in [-0.25, -0.2) is 4.98 Å². The van der Waals surface area contributed by atoms with Crippen LogP contribution in [0.25, 0.3) is 0 Å². The summed E-state index contributed by atoms with van der Waals surface area (Å²) in [6, 6.07) is 10.9. The second-order valence-corrected chi connectivity index (χ2v) is 7.26. The first-order valence-electron chi connectivity index (χ1n) is 9.64. The quantitative estimate of drug-likeness (QED) is 0.718. The van der Waals surface area contributed by atoms with Crippen LogP contribution in [-0.4, -0.2) is 35.3 Å². The first-order valence-corrected chi connectivity index (χ1v) is 9.64. The lowest BCUT2D eigenvalue weighted by Crippen LogP contribution is -2.43. The third kappa shape index (κ3) is 7.03. The van der Waals surface area contributed by atoms with Gasteiger partial charge in [-0.3, -0.25) is 14.4 Å². The zero-order valence-electron chi connectivity index (χ0n) is 17.4. The van der Waals surface area contributed by atoms with E-state index < -0.39 is 0 Å². The Morgan fingerprint density at radius 2 is 1.79 bits per heavy atom. The molecule has 0 spiro atoms. The maximum absolute atomic E-state index is 12.9. The minimum atomic E-state index is -0.302. The van der Waals surface area contributed by atoms with E-state index in [1.165, 1.54) is 4.90 Å². The summed E-state index contributed by atoms with van der Waals surface area (Å²) in [6.07, 6.45) is 1.57. The first-order chi connectivity index (χ1) is 13.8. The van der Waals surface area contributed by atoms with Crippen LogP contribution < -0.4 is 15.5 Å². The Morgan fingerprint density at radius 1 is 1.03 bits per heavy atom. The van der Waals surface area contributed by atoms with Crippen molar-refractivity contribution in [2.75, 3.05) is 16.8 Å². The number of nitrogens with one attached hydrogen (secondary N) is 2. The van der Waals surface area contributed by atoms with Gasteiger partial charge in [-0.2, -0.15) is 0 Å². The molecule has 0 aliphatic heterocycles. The Labute approximate surface area is 171 Å². The van der Waals surface area contributed by atoms with Gasteiger partial charge in [0.05, 0.1) is 0 Å². The fourth-order valence-corrected chi connectivity index (χ4v) is 2.92. The number of rotatable bonds is 8. The molecular weight excluding hydrogens is 368 g/mol. The van der Waals surface area contributed by atoms with Crippen molar-refractivity contribution >= 4 is 29.2 Å². The maximum Gasteiger partial charge on any atom is 0.240 e. The monoisotopic (exact) mass is 396 g/mol. The van der Waals surface area contributed by atoms with E-state index in [1.807, 2.05) is 45.9 Å². The molecule has 2 aromatic rings. The molecule has 0 atom stereocenters. The largest absolute Gasteiger partial charge is 0.352 e. The number of aryl methyl sites for hydroxylation is 2. The lowest BCUT2D eigenvalue weighted by Gasteiger charge is -2.25. The Balaban J connectivity index is 2.09. The summed E-state index contributed by atoms with van der Waals surface area (Å²) < 4.78 is 0. The van der Waals surface area contributed by atoms with Crippen molar-refractivity contribution in [1.82, 2.24) is 10.3 Å². The second-order valence-electron chi connectivity index (χ2n) is 7.26. The Kier molecular flexibility index (Phi) is 7.88. The van der Waals surface area contributed by atoms with Gasteiger partial charge in [0.1, 0.15) is 12.4 Å². The minimum absolute atomic E-state index is 0.00260. The van der Waals surface area contributed by atoms with Crippen molar-refractivity contribution in [2.45, 2.75) is 46.6 Å². The van der Waals surface area contributed by atoms with Crippen LogP contribution in [0, 0.1) is 13.8 Å². The van der Waals surface area contributed by atoms with Gasteiger partial charge < -0.3 is 15.5 Å². The van der Waals surface area contributed by atoms with Crippen molar-refractivity contribution in [3.05, 3.63) is 53.7 Å². The predicted octanol–water partition coefficient (Wildman–Crippen LogP) is 2.97. The van der Waals surface area contributed by atoms with E-state index in [-0.39, 0.29) is 43.1 Å². The molecule has 1 aromatic carbocycles. The Bertz CT molecular complexity index is 866. The second kappa shape index (κ2) is 10.4. The molecule has 0 saturated heterocycles. The molecule has 0 saturated carbocycles. The molecule has 0 unspecified atom stereocenters. The van der Waals surface area contributed by atoms with Crippen molar-refractivity contribution in [2.24, 2.45) is 0 Å². The predicted molar refractivity (Wildman–Crippen MR) is 114 cm³/mol. The van der Waals surface area contributed by atoms with E-state index in [1.54, 1.807) is 24.4 Å². The number of pyridine rings is 1. The molecule has 1 heterocycles. The van der Waals surface area contributed by atoms with Gasteiger partial charge in [0, 0.05) is 30.8 Å². The van der Waals surface area contributed by atoms with Crippen molar-refractivity contribution in [3.8, 4) is 0 Å². The molecule has 0 aliphatic rings. The third-order valence-corrected chi connectivity index (χ3v) is 4.19. The SMILES string of the molecule is Cc1ccc(N(CC(=O)NC(C)C)C(=O)CCC(=O)Nc2ccccn2)c(C)c1. The number of amides is 3. The van der Waals surface area contributed by atoms with E-state index in [2.05, 4.69) is 15.6 Å². The van der Waals surface area contributed by atoms with Crippen LogP contribution in [0.2, 0.25) is 0 Å². The number of hydrogen-bond acceptors (Lipinski definition) is 4. The van der Waals surface area contributed by atoms with Gasteiger partial charge in [0.25, 0.3) is 0 Å². The molecule has 2 N–H and O–H groups in total. The van der Waals surface area contributed by atoms with Gasteiger partial charge in [0.2, 0.25) is 17.7 Å². The number of nitrogens with zero attached hydrogens (tertiary/aromatic N) is 2. The van der Waals surface area contributed by atoms with Crippen LogP contribution in [0.1, 0.15) is 37.8 Å². The van der Waals surface area contributed by atoms with Gasteiger partial charge >= 0.3 is 0 Å². The number of anilines is 2. The molecular formula is C22H28N4O3. The zero-order valence-corrected chi connectivity index (χ0v) is 17.4. The average molecular weight is 396 g/mol. The average Bonchev–Trinajstić information content (AvgIpc) is 2.65. The molecule has 1 aromatic heterocycles. The van der Waals surface area contributed by atoms with E-state index in [0.717, 1.165) is 11.1 Å². The molecule has 7 nitrogen and oxygen atoms in total. The summed E-state index contributed by atoms with van der Waals surface area (Å²) in [5.41, 5.74) is 2.64. The lowest BCUT2D eigenvalue weighted by atomic mass is 10.1. The van der Waals surface area contributed by atoms with Crippen LogP contribution >= 0.6 is 0 Å². The molecule has 154 valence electrons. The summed E-state index contributed by atoms with van der Waals surface area (Å²) in [4.78, 5) is 42.9. The number of aromatic nitrogens is 1. The summed E-state index contributed by atoms with van der Waals surface area (Å²) >= 11 is 0. The fraction of sp³-hybridized carbons (Fsp3) is 0.364. The maximum atomic E-state index is 12.9. The van der Waals surface area contributed by atoms with Crippen molar-refractivity contribution < 1.29 is 14.4 Å². The summed E-state index contributed by atoms with van der Waals surface area (Å²) in [5, 5.41) is 5.47.